The van der Waals surface area contributed by atoms with Gasteiger partial charge in [0.1, 0.15) is 0 Å². The van der Waals surface area contributed by atoms with Gasteiger partial charge in [-0.05, 0) is 107 Å². The minimum atomic E-state index is -0.415. The van der Waals surface area contributed by atoms with E-state index in [1.807, 2.05) is 78.9 Å². The molecule has 0 bridgehead atoms. The standard InChI is InChI=1S/C46H28S/c1-2-13-32-28-44-42(26-31(32)12-1)41-27-33(23-24-43(41)47-44)30-15-9-16-34(25-30)45-37-18-5-7-20-39(37)46(40-21-8-6-19-38(40)45)36-22-10-14-29-11-3-4-17-35(29)36/h1-28H/i5D,6D,7D,8D,18D,19D,20D,21D. The molecule has 0 aliphatic rings. The second kappa shape index (κ2) is 10.4. The normalized spacial score (nSPS) is 14.2. The van der Waals surface area contributed by atoms with Crippen molar-refractivity contribution >= 4 is 74.6 Å². The van der Waals surface area contributed by atoms with Crippen LogP contribution < -0.4 is 0 Å². The molecule has 0 unspecified atom stereocenters. The van der Waals surface area contributed by atoms with Crippen LogP contribution in [0, 0.1) is 0 Å². The number of hydrogen-bond donors (Lipinski definition) is 0. The molecule has 1 aromatic heterocycles. The van der Waals surface area contributed by atoms with Crippen LogP contribution in [0.5, 0.6) is 0 Å². The largest absolute Gasteiger partial charge is 0.135 e. The maximum atomic E-state index is 9.38. The molecular weight excluding hydrogens is 585 g/mol. The Labute approximate surface area is 288 Å². The zero-order chi connectivity index (χ0) is 37.9. The van der Waals surface area contributed by atoms with Crippen LogP contribution in [0.25, 0.3) is 96.6 Å². The highest BCUT2D eigenvalue weighted by atomic mass is 32.1. The van der Waals surface area contributed by atoms with E-state index < -0.39 is 24.2 Å². The summed E-state index contributed by atoms with van der Waals surface area (Å²) >= 11 is 1.75. The number of fused-ring (bicyclic) bond motifs is 7. The van der Waals surface area contributed by atoms with Crippen LogP contribution in [-0.2, 0) is 0 Å². The minimum absolute atomic E-state index is 0.203. The lowest BCUT2D eigenvalue weighted by atomic mass is 9.84. The van der Waals surface area contributed by atoms with Crippen LogP contribution in [0.15, 0.2) is 170 Å². The van der Waals surface area contributed by atoms with E-state index in [9.17, 15) is 5.48 Å². The molecule has 9 aromatic carbocycles. The van der Waals surface area contributed by atoms with Gasteiger partial charge in [0.25, 0.3) is 0 Å². The summed E-state index contributed by atoms with van der Waals surface area (Å²) in [6.45, 7) is 0. The van der Waals surface area contributed by atoms with E-state index in [1.165, 1.54) is 25.6 Å². The molecule has 0 spiro atoms. The zero-order valence-electron chi connectivity index (χ0n) is 33.0. The Bertz CT molecular complexity index is 3220. The van der Waals surface area contributed by atoms with Gasteiger partial charge in [0.15, 0.2) is 0 Å². The van der Waals surface area contributed by atoms with Crippen molar-refractivity contribution in [2.24, 2.45) is 0 Å². The van der Waals surface area contributed by atoms with Crippen molar-refractivity contribution in [3.05, 3.63) is 170 Å². The van der Waals surface area contributed by atoms with Gasteiger partial charge in [-0.3, -0.25) is 0 Å². The van der Waals surface area contributed by atoms with Crippen LogP contribution in [0.1, 0.15) is 11.0 Å². The summed E-state index contributed by atoms with van der Waals surface area (Å²) in [4.78, 5) is 0. The molecule has 0 aliphatic carbocycles. The van der Waals surface area contributed by atoms with Crippen molar-refractivity contribution in [3.63, 3.8) is 0 Å². The molecule has 0 saturated carbocycles. The third-order valence-electron chi connectivity index (χ3n) is 9.26. The first-order valence-electron chi connectivity index (χ1n) is 19.5. The highest BCUT2D eigenvalue weighted by molar-refractivity contribution is 7.25. The van der Waals surface area contributed by atoms with Crippen molar-refractivity contribution in [2.45, 2.75) is 0 Å². The van der Waals surface area contributed by atoms with E-state index in [1.54, 1.807) is 11.3 Å². The molecule has 0 radical (unpaired) electrons. The molecule has 1 heteroatoms. The summed E-state index contributed by atoms with van der Waals surface area (Å²) in [5.74, 6) is 0. The Hall–Kier alpha value is -5.76. The molecule has 47 heavy (non-hydrogen) atoms. The highest BCUT2D eigenvalue weighted by Gasteiger charge is 2.18. The second-order valence-electron chi connectivity index (χ2n) is 11.9. The van der Waals surface area contributed by atoms with E-state index in [0.29, 0.717) is 22.3 Å². The SMILES string of the molecule is [2H]c1c([2H])c([2H])c2c(-c3cccc4ccccc34)c3c([2H])c([2H])c([2H])c([2H])c3c(-c3cccc(-c4ccc5sc6cc7ccccc7cc6c5c4)c3)c2c1[2H]. The molecule has 218 valence electrons. The van der Waals surface area contributed by atoms with Crippen LogP contribution >= 0.6 is 11.3 Å². The van der Waals surface area contributed by atoms with Crippen LogP contribution in [0.4, 0.5) is 0 Å². The molecule has 0 saturated heterocycles. The minimum Gasteiger partial charge on any atom is -0.135 e. The van der Waals surface area contributed by atoms with Crippen LogP contribution in [-0.4, -0.2) is 0 Å². The van der Waals surface area contributed by atoms with Crippen molar-refractivity contribution in [1.29, 1.82) is 0 Å². The molecule has 10 rings (SSSR count). The summed E-state index contributed by atoms with van der Waals surface area (Å²) in [7, 11) is 0. The Morgan fingerprint density at radius 1 is 0.362 bits per heavy atom. The monoisotopic (exact) mass is 620 g/mol. The molecule has 1 heterocycles. The van der Waals surface area contributed by atoms with Crippen molar-refractivity contribution in [2.75, 3.05) is 0 Å². The molecular formula is C46H28S. The van der Waals surface area contributed by atoms with Crippen molar-refractivity contribution < 1.29 is 11.0 Å². The number of rotatable bonds is 3. The molecule has 0 atom stereocenters. The third kappa shape index (κ3) is 4.14. The topological polar surface area (TPSA) is 0 Å². The number of hydrogen-bond acceptors (Lipinski definition) is 1. The van der Waals surface area contributed by atoms with Gasteiger partial charge in [0, 0.05) is 20.2 Å². The average molecular weight is 621 g/mol. The van der Waals surface area contributed by atoms with Gasteiger partial charge in [-0.25, -0.2) is 0 Å². The first-order chi connectivity index (χ1) is 26.6. The maximum absolute atomic E-state index is 9.38. The van der Waals surface area contributed by atoms with E-state index in [2.05, 4.69) is 42.5 Å². The fourth-order valence-corrected chi connectivity index (χ4v) is 8.24. The Morgan fingerprint density at radius 2 is 0.936 bits per heavy atom. The Morgan fingerprint density at radius 3 is 1.70 bits per heavy atom. The van der Waals surface area contributed by atoms with Gasteiger partial charge < -0.3 is 0 Å². The van der Waals surface area contributed by atoms with Crippen LogP contribution in [0.3, 0.4) is 0 Å². The Kier molecular flexibility index (Phi) is 4.35. The lowest BCUT2D eigenvalue weighted by molar-refractivity contribution is 1.63. The molecule has 0 aliphatic heterocycles. The summed E-state index contributed by atoms with van der Waals surface area (Å²) in [6, 6.07) is 37.5. The number of benzene rings is 9. The summed E-state index contributed by atoms with van der Waals surface area (Å²) in [6.07, 6.45) is 0. The van der Waals surface area contributed by atoms with E-state index in [0.717, 1.165) is 27.3 Å². The lowest BCUT2D eigenvalue weighted by Gasteiger charge is -2.19. The molecule has 0 fully saturated rings. The van der Waals surface area contributed by atoms with Gasteiger partial charge in [0.2, 0.25) is 0 Å². The first-order valence-corrected chi connectivity index (χ1v) is 16.3. The summed E-state index contributed by atoms with van der Waals surface area (Å²) in [5.41, 5.74) is 3.69. The average Bonchev–Trinajstić information content (AvgIpc) is 3.57. The third-order valence-corrected chi connectivity index (χ3v) is 10.4. The summed E-state index contributed by atoms with van der Waals surface area (Å²) < 4.78 is 75.1. The quantitative estimate of drug-likeness (QED) is 0.172. The predicted molar refractivity (Wildman–Crippen MR) is 206 cm³/mol. The van der Waals surface area contributed by atoms with Gasteiger partial charge in [-0.2, -0.15) is 0 Å². The lowest BCUT2D eigenvalue weighted by Crippen LogP contribution is -1.92. The second-order valence-corrected chi connectivity index (χ2v) is 12.9. The molecule has 0 N–H and O–H groups in total. The van der Waals surface area contributed by atoms with E-state index in [-0.39, 0.29) is 45.7 Å². The molecule has 0 nitrogen and oxygen atoms in total. The van der Waals surface area contributed by atoms with Gasteiger partial charge in [-0.1, -0.05) is 139 Å². The van der Waals surface area contributed by atoms with E-state index >= 15 is 0 Å². The van der Waals surface area contributed by atoms with Gasteiger partial charge >= 0.3 is 0 Å². The Balaban J connectivity index is 1.32. The fourth-order valence-electron chi connectivity index (χ4n) is 7.12. The van der Waals surface area contributed by atoms with Crippen LogP contribution in [0.2, 0.25) is 0 Å². The first kappa shape index (κ1) is 19.7. The number of thiophene rings is 1. The molecule has 10 aromatic rings. The summed E-state index contributed by atoms with van der Waals surface area (Å²) in [5, 5.41) is 7.17. The highest BCUT2D eigenvalue weighted by Crippen LogP contribution is 2.46. The fraction of sp³-hybridized carbons (Fsp3) is 0. The zero-order valence-corrected chi connectivity index (χ0v) is 25.8. The predicted octanol–water partition coefficient (Wildman–Crippen LogP) is 13.7. The van der Waals surface area contributed by atoms with Crippen molar-refractivity contribution in [1.82, 2.24) is 0 Å². The van der Waals surface area contributed by atoms with Crippen molar-refractivity contribution in [3.8, 4) is 33.4 Å². The van der Waals surface area contributed by atoms with Gasteiger partial charge in [0.05, 0.1) is 11.0 Å². The maximum Gasteiger partial charge on any atom is 0.0629 e. The molecule has 0 amide bonds. The van der Waals surface area contributed by atoms with E-state index in [4.69, 9.17) is 5.48 Å². The van der Waals surface area contributed by atoms with Gasteiger partial charge in [-0.15, -0.1) is 11.3 Å². The smallest absolute Gasteiger partial charge is 0.0629 e.